The van der Waals surface area contributed by atoms with Gasteiger partial charge in [0.2, 0.25) is 0 Å². The van der Waals surface area contributed by atoms with Crippen LogP contribution in [0.4, 0.5) is 9.59 Å². The maximum Gasteiger partial charge on any atom is 0.407 e. The van der Waals surface area contributed by atoms with Crippen molar-refractivity contribution in [2.24, 2.45) is 5.92 Å². The Kier molecular flexibility index (Phi) is 3.75. The van der Waals surface area contributed by atoms with Crippen LogP contribution in [0.5, 0.6) is 0 Å². The van der Waals surface area contributed by atoms with Gasteiger partial charge in [-0.1, -0.05) is 42.5 Å². The molecule has 1 saturated carbocycles. The fourth-order valence-electron chi connectivity index (χ4n) is 2.82. The van der Waals surface area contributed by atoms with Crippen molar-refractivity contribution in [3.8, 4) is 0 Å². The molecule has 1 heterocycles. The quantitative estimate of drug-likeness (QED) is 0.839. The molecule has 22 heavy (non-hydrogen) atoms. The Balaban J connectivity index is 1.57. The van der Waals surface area contributed by atoms with Crippen LogP contribution in [0, 0.1) is 5.92 Å². The van der Waals surface area contributed by atoms with Crippen LogP contribution in [-0.4, -0.2) is 40.8 Å². The molecule has 1 fully saturated rings. The zero-order chi connectivity index (χ0) is 15.6. The smallest absolute Gasteiger partial charge is 0.407 e. The summed E-state index contributed by atoms with van der Waals surface area (Å²) in [5.41, 5.74) is 0.398. The number of amides is 2. The highest BCUT2D eigenvalue weighted by Crippen LogP contribution is 2.46. The summed E-state index contributed by atoms with van der Waals surface area (Å²) in [6, 6.07) is 9.42. The molecule has 116 valence electrons. The zero-order valence-corrected chi connectivity index (χ0v) is 12.1. The number of carbonyl (C=O) groups is 2. The minimum atomic E-state index is -0.976. The van der Waals surface area contributed by atoms with Crippen LogP contribution < -0.4 is 5.32 Å². The number of hydrogen-bond acceptors (Lipinski definition) is 3. The van der Waals surface area contributed by atoms with Gasteiger partial charge in [0.1, 0.15) is 6.61 Å². The molecule has 2 N–H and O–H groups in total. The zero-order valence-electron chi connectivity index (χ0n) is 12.1. The van der Waals surface area contributed by atoms with Crippen molar-refractivity contribution in [2.45, 2.75) is 18.6 Å². The van der Waals surface area contributed by atoms with Gasteiger partial charge in [-0.25, -0.2) is 9.59 Å². The molecule has 1 aromatic rings. The maximum absolute atomic E-state index is 12.0. The van der Waals surface area contributed by atoms with Gasteiger partial charge in [-0.05, 0) is 12.0 Å². The average Bonchev–Trinajstić information content (AvgIpc) is 3.18. The number of nitrogens with zero attached hydrogens (tertiary/aromatic N) is 1. The first-order valence-corrected chi connectivity index (χ1v) is 7.22. The van der Waals surface area contributed by atoms with Gasteiger partial charge in [-0.2, -0.15) is 0 Å². The second-order valence-electron chi connectivity index (χ2n) is 5.74. The lowest BCUT2D eigenvalue weighted by molar-refractivity contribution is 0.123. The first-order chi connectivity index (χ1) is 10.6. The van der Waals surface area contributed by atoms with E-state index >= 15 is 0 Å². The second kappa shape index (κ2) is 5.71. The largest absolute Gasteiger partial charge is 0.465 e. The van der Waals surface area contributed by atoms with Crippen LogP contribution in [0.3, 0.4) is 0 Å². The maximum atomic E-state index is 12.0. The van der Waals surface area contributed by atoms with Crippen LogP contribution in [0.25, 0.3) is 0 Å². The molecular formula is C16H18N2O4. The van der Waals surface area contributed by atoms with Crippen molar-refractivity contribution in [1.82, 2.24) is 10.2 Å². The van der Waals surface area contributed by atoms with Gasteiger partial charge in [-0.15, -0.1) is 0 Å². The summed E-state index contributed by atoms with van der Waals surface area (Å²) in [6.45, 7) is 0.848. The minimum Gasteiger partial charge on any atom is -0.465 e. The van der Waals surface area contributed by atoms with Crippen LogP contribution in [0.1, 0.15) is 12.0 Å². The number of carbonyl (C=O) groups excluding carboxylic acids is 1. The van der Waals surface area contributed by atoms with Gasteiger partial charge in [0, 0.05) is 19.0 Å². The Hall–Kier alpha value is -2.50. The minimum absolute atomic E-state index is 0.182. The van der Waals surface area contributed by atoms with Crippen LogP contribution >= 0.6 is 0 Å². The molecule has 0 radical (unpaired) electrons. The summed E-state index contributed by atoms with van der Waals surface area (Å²) >= 11 is 0. The van der Waals surface area contributed by atoms with E-state index in [1.54, 1.807) is 0 Å². The van der Waals surface area contributed by atoms with E-state index in [9.17, 15) is 9.59 Å². The highest BCUT2D eigenvalue weighted by Gasteiger charge is 2.56. The number of rotatable bonds is 3. The normalized spacial score (nSPS) is 25.8. The Morgan fingerprint density at radius 1 is 1.36 bits per heavy atom. The lowest BCUT2D eigenvalue weighted by Crippen LogP contribution is -2.48. The molecule has 0 spiro atoms. The second-order valence-corrected chi connectivity index (χ2v) is 5.74. The fourth-order valence-corrected chi connectivity index (χ4v) is 2.82. The van der Waals surface area contributed by atoms with Crippen LogP contribution in [-0.2, 0) is 11.3 Å². The molecule has 0 unspecified atom stereocenters. The van der Waals surface area contributed by atoms with Gasteiger partial charge >= 0.3 is 12.2 Å². The van der Waals surface area contributed by atoms with Gasteiger partial charge in [0.25, 0.3) is 0 Å². The molecule has 1 aliphatic heterocycles. The number of alkyl carbamates (subject to hydrolysis) is 1. The van der Waals surface area contributed by atoms with Crippen molar-refractivity contribution in [3.05, 3.63) is 48.0 Å². The lowest BCUT2D eigenvalue weighted by Gasteiger charge is -2.24. The van der Waals surface area contributed by atoms with Gasteiger partial charge < -0.3 is 20.1 Å². The molecular weight excluding hydrogens is 284 g/mol. The Labute approximate surface area is 128 Å². The topological polar surface area (TPSA) is 78.9 Å². The van der Waals surface area contributed by atoms with Crippen LogP contribution in [0.2, 0.25) is 0 Å². The molecule has 0 aromatic heterocycles. The van der Waals surface area contributed by atoms with E-state index in [2.05, 4.69) is 5.32 Å². The molecule has 6 nitrogen and oxygen atoms in total. The summed E-state index contributed by atoms with van der Waals surface area (Å²) in [7, 11) is 0. The van der Waals surface area contributed by atoms with Gasteiger partial charge in [0.05, 0.1) is 5.54 Å². The van der Waals surface area contributed by atoms with E-state index in [0.717, 1.165) is 12.0 Å². The molecule has 0 bridgehead atoms. The molecule has 1 aliphatic carbocycles. The van der Waals surface area contributed by atoms with Crippen molar-refractivity contribution in [1.29, 1.82) is 0 Å². The molecule has 3 rings (SSSR count). The molecule has 1 aromatic carbocycles. The van der Waals surface area contributed by atoms with Crippen LogP contribution in [0.15, 0.2) is 42.5 Å². The third-order valence-electron chi connectivity index (χ3n) is 4.14. The Morgan fingerprint density at radius 2 is 2.14 bits per heavy atom. The molecule has 2 atom stereocenters. The monoisotopic (exact) mass is 302 g/mol. The van der Waals surface area contributed by atoms with Gasteiger partial charge in [-0.3, -0.25) is 0 Å². The summed E-state index contributed by atoms with van der Waals surface area (Å²) in [6.07, 6.45) is 3.07. The van der Waals surface area contributed by atoms with E-state index in [1.807, 2.05) is 42.5 Å². The fraction of sp³-hybridized carbons (Fsp3) is 0.375. The molecule has 0 saturated heterocycles. The summed E-state index contributed by atoms with van der Waals surface area (Å²) in [4.78, 5) is 24.4. The number of benzene rings is 1. The van der Waals surface area contributed by atoms with E-state index in [0.29, 0.717) is 13.1 Å². The van der Waals surface area contributed by atoms with Gasteiger partial charge in [0.15, 0.2) is 0 Å². The van der Waals surface area contributed by atoms with Crippen molar-refractivity contribution in [3.63, 3.8) is 0 Å². The molecule has 6 heteroatoms. The number of ether oxygens (including phenoxy) is 1. The van der Waals surface area contributed by atoms with Crippen molar-refractivity contribution >= 4 is 12.2 Å². The highest BCUT2D eigenvalue weighted by molar-refractivity contribution is 5.70. The third-order valence-corrected chi connectivity index (χ3v) is 4.14. The third kappa shape index (κ3) is 3.05. The first kappa shape index (κ1) is 14.4. The standard InChI is InChI=1S/C16H18N2O4/c19-14(22-10-12-5-2-1-3-6-12)17-16-9-13(16)7-4-8-18(11-16)15(20)21/h1-7,13H,8-11H2,(H,17,19)(H,20,21)/t13-,16+/m1/s1. The van der Waals surface area contributed by atoms with E-state index in [1.165, 1.54) is 4.90 Å². The highest BCUT2D eigenvalue weighted by atomic mass is 16.5. The Bertz CT molecular complexity index is 601. The number of fused-ring (bicyclic) bond motifs is 1. The average molecular weight is 302 g/mol. The number of nitrogens with one attached hydrogen (secondary N) is 1. The van der Waals surface area contributed by atoms with Crippen molar-refractivity contribution < 1.29 is 19.4 Å². The number of hydrogen-bond donors (Lipinski definition) is 2. The van der Waals surface area contributed by atoms with E-state index in [-0.39, 0.29) is 12.5 Å². The first-order valence-electron chi connectivity index (χ1n) is 7.22. The molecule has 2 amide bonds. The summed E-state index contributed by atoms with van der Waals surface area (Å²) < 4.78 is 5.22. The van der Waals surface area contributed by atoms with Crippen molar-refractivity contribution in [2.75, 3.05) is 13.1 Å². The Morgan fingerprint density at radius 3 is 2.86 bits per heavy atom. The number of carboxylic acid groups (broad SMARTS) is 1. The summed E-state index contributed by atoms with van der Waals surface area (Å²) in [5, 5.41) is 12.0. The predicted molar refractivity (Wildman–Crippen MR) is 79.3 cm³/mol. The SMILES string of the molecule is O=C(N[C@]12C[C@H]1C=CCN(C(=O)O)C2)OCc1ccccc1. The molecule has 2 aliphatic rings. The van der Waals surface area contributed by atoms with E-state index in [4.69, 9.17) is 9.84 Å². The van der Waals surface area contributed by atoms with E-state index < -0.39 is 17.7 Å². The summed E-state index contributed by atoms with van der Waals surface area (Å²) in [5.74, 6) is 0.182. The lowest BCUT2D eigenvalue weighted by atomic mass is 10.2. The predicted octanol–water partition coefficient (Wildman–Crippen LogP) is 2.22.